The van der Waals surface area contributed by atoms with Crippen molar-refractivity contribution in [2.45, 2.75) is 51.6 Å². The van der Waals surface area contributed by atoms with Crippen molar-refractivity contribution in [2.75, 3.05) is 7.11 Å². The normalized spacial score (nSPS) is 26.8. The van der Waals surface area contributed by atoms with E-state index >= 15 is 0 Å². The first kappa shape index (κ1) is 15.3. The number of halogens is 1. The van der Waals surface area contributed by atoms with Crippen molar-refractivity contribution in [2.24, 2.45) is 11.8 Å². The van der Waals surface area contributed by atoms with Crippen molar-refractivity contribution in [3.8, 4) is 5.75 Å². The number of benzene rings is 1. The summed E-state index contributed by atoms with van der Waals surface area (Å²) in [6.07, 6.45) is 4.62. The zero-order valence-electron chi connectivity index (χ0n) is 12.7. The van der Waals surface area contributed by atoms with E-state index in [0.717, 1.165) is 19.3 Å². The molecule has 0 bridgehead atoms. The van der Waals surface area contributed by atoms with Gasteiger partial charge in [-0.1, -0.05) is 20.3 Å². The number of rotatable bonds is 4. The highest BCUT2D eigenvalue weighted by Crippen LogP contribution is 2.45. The molecule has 112 valence electrons. The fraction of sp³-hybridized carbons (Fsp3) is 0.647. The number of methoxy groups -OCH3 is 1. The fourth-order valence-corrected chi connectivity index (χ4v) is 3.52. The minimum Gasteiger partial charge on any atom is -0.496 e. The molecule has 2 atom stereocenters. The van der Waals surface area contributed by atoms with Crippen molar-refractivity contribution in [1.29, 1.82) is 0 Å². The van der Waals surface area contributed by atoms with Gasteiger partial charge in [-0.15, -0.1) is 0 Å². The summed E-state index contributed by atoms with van der Waals surface area (Å²) in [5.74, 6) is 1.39. The molecule has 0 aromatic heterocycles. The maximum Gasteiger partial charge on any atom is 0.125 e. The second kappa shape index (κ2) is 6.13. The molecule has 2 nitrogen and oxygen atoms in total. The summed E-state index contributed by atoms with van der Waals surface area (Å²) in [6.45, 7) is 4.41. The third kappa shape index (κ3) is 3.32. The maximum atomic E-state index is 13.5. The molecule has 0 spiro atoms. The van der Waals surface area contributed by atoms with Crippen LogP contribution in [0.15, 0.2) is 18.2 Å². The van der Waals surface area contributed by atoms with Crippen LogP contribution in [0, 0.1) is 17.7 Å². The summed E-state index contributed by atoms with van der Waals surface area (Å²) < 4.78 is 18.9. The van der Waals surface area contributed by atoms with Gasteiger partial charge in [-0.25, -0.2) is 4.39 Å². The average molecular weight is 280 g/mol. The Balaban J connectivity index is 2.27. The van der Waals surface area contributed by atoms with Crippen LogP contribution in [0.5, 0.6) is 5.75 Å². The van der Waals surface area contributed by atoms with Gasteiger partial charge in [0.15, 0.2) is 0 Å². The zero-order valence-corrected chi connectivity index (χ0v) is 12.7. The third-order valence-electron chi connectivity index (χ3n) is 4.30. The van der Waals surface area contributed by atoms with E-state index < -0.39 is 5.60 Å². The van der Waals surface area contributed by atoms with E-state index in [4.69, 9.17) is 4.74 Å². The lowest BCUT2D eigenvalue weighted by Gasteiger charge is -2.38. The second-order valence-corrected chi connectivity index (χ2v) is 6.47. The van der Waals surface area contributed by atoms with Crippen LogP contribution in [0.25, 0.3) is 0 Å². The van der Waals surface area contributed by atoms with Gasteiger partial charge in [0.2, 0.25) is 0 Å². The standard InChI is InChI=1S/C17H25FO2/c1-12(2)9-13-5-4-8-17(19,11-13)15-10-14(18)6-7-16(15)20-3/h6-7,10,12-13,19H,4-5,8-9,11H2,1-3H3. The minimum absolute atomic E-state index is 0.319. The summed E-state index contributed by atoms with van der Waals surface area (Å²) in [4.78, 5) is 0. The summed E-state index contributed by atoms with van der Waals surface area (Å²) in [6, 6.07) is 4.41. The topological polar surface area (TPSA) is 29.5 Å². The van der Waals surface area contributed by atoms with Crippen molar-refractivity contribution in [1.82, 2.24) is 0 Å². The van der Waals surface area contributed by atoms with Crippen LogP contribution in [0.4, 0.5) is 4.39 Å². The molecule has 0 amide bonds. The Kier molecular flexibility index (Phi) is 4.69. The lowest BCUT2D eigenvalue weighted by molar-refractivity contribution is -0.0263. The van der Waals surface area contributed by atoms with Gasteiger partial charge >= 0.3 is 0 Å². The molecule has 0 saturated heterocycles. The highest BCUT2D eigenvalue weighted by molar-refractivity contribution is 5.38. The van der Waals surface area contributed by atoms with Crippen LogP contribution in [0.2, 0.25) is 0 Å². The summed E-state index contributed by atoms with van der Waals surface area (Å²) >= 11 is 0. The molecular weight excluding hydrogens is 255 g/mol. The van der Waals surface area contributed by atoms with Gasteiger partial charge < -0.3 is 9.84 Å². The lowest BCUT2D eigenvalue weighted by Crippen LogP contribution is -2.33. The number of hydrogen-bond donors (Lipinski definition) is 1. The summed E-state index contributed by atoms with van der Waals surface area (Å²) in [5.41, 5.74) is -0.348. The molecule has 2 unspecified atom stereocenters. The lowest BCUT2D eigenvalue weighted by atomic mass is 9.72. The molecule has 1 fully saturated rings. The predicted molar refractivity (Wildman–Crippen MR) is 78.3 cm³/mol. The Morgan fingerprint density at radius 2 is 2.20 bits per heavy atom. The van der Waals surface area contributed by atoms with Crippen molar-refractivity contribution < 1.29 is 14.2 Å². The molecule has 3 heteroatoms. The van der Waals surface area contributed by atoms with Gasteiger partial charge in [0.25, 0.3) is 0 Å². The first-order chi connectivity index (χ1) is 9.44. The van der Waals surface area contributed by atoms with Crippen LogP contribution in [-0.4, -0.2) is 12.2 Å². The van der Waals surface area contributed by atoms with E-state index in [1.807, 2.05) is 0 Å². The molecule has 1 saturated carbocycles. The van der Waals surface area contributed by atoms with Gasteiger partial charge in [-0.3, -0.25) is 0 Å². The maximum absolute atomic E-state index is 13.5. The minimum atomic E-state index is -0.953. The number of hydrogen-bond acceptors (Lipinski definition) is 2. The van der Waals surface area contributed by atoms with E-state index in [2.05, 4.69) is 13.8 Å². The van der Waals surface area contributed by atoms with E-state index in [1.165, 1.54) is 12.1 Å². The smallest absolute Gasteiger partial charge is 0.125 e. The molecule has 0 aliphatic heterocycles. The predicted octanol–water partition coefficient (Wildman–Crippen LogP) is 4.26. The Hall–Kier alpha value is -1.09. The molecule has 1 aliphatic carbocycles. The number of ether oxygens (including phenoxy) is 1. The molecule has 1 N–H and O–H groups in total. The molecule has 1 aliphatic rings. The molecule has 1 aromatic rings. The van der Waals surface area contributed by atoms with Crippen molar-refractivity contribution in [3.05, 3.63) is 29.6 Å². The molecule has 1 aromatic carbocycles. The van der Waals surface area contributed by atoms with Gasteiger partial charge in [0.05, 0.1) is 12.7 Å². The van der Waals surface area contributed by atoms with E-state index in [9.17, 15) is 9.50 Å². The summed E-state index contributed by atoms with van der Waals surface area (Å²) in [5, 5.41) is 11.0. The van der Waals surface area contributed by atoms with E-state index in [-0.39, 0.29) is 5.82 Å². The third-order valence-corrected chi connectivity index (χ3v) is 4.30. The quantitative estimate of drug-likeness (QED) is 0.893. The highest BCUT2D eigenvalue weighted by atomic mass is 19.1. The zero-order chi connectivity index (χ0) is 14.8. The molecule has 0 heterocycles. The first-order valence-corrected chi connectivity index (χ1v) is 7.51. The average Bonchev–Trinajstić information content (AvgIpc) is 2.38. The molecule has 0 radical (unpaired) electrons. The molecular formula is C17H25FO2. The largest absolute Gasteiger partial charge is 0.496 e. The van der Waals surface area contributed by atoms with Crippen LogP contribution >= 0.6 is 0 Å². The van der Waals surface area contributed by atoms with Crippen LogP contribution in [0.3, 0.4) is 0 Å². The van der Waals surface area contributed by atoms with Crippen LogP contribution in [-0.2, 0) is 5.60 Å². The first-order valence-electron chi connectivity index (χ1n) is 7.51. The van der Waals surface area contributed by atoms with Gasteiger partial charge in [-0.2, -0.15) is 0 Å². The van der Waals surface area contributed by atoms with Crippen LogP contribution in [0.1, 0.15) is 51.5 Å². The van der Waals surface area contributed by atoms with E-state index in [0.29, 0.717) is 36.0 Å². The Morgan fingerprint density at radius 1 is 1.45 bits per heavy atom. The Morgan fingerprint density at radius 3 is 2.85 bits per heavy atom. The molecule has 2 rings (SSSR count). The Bertz CT molecular complexity index is 458. The highest BCUT2D eigenvalue weighted by Gasteiger charge is 2.38. The summed E-state index contributed by atoms with van der Waals surface area (Å²) in [7, 11) is 1.56. The van der Waals surface area contributed by atoms with Gasteiger partial charge in [0.1, 0.15) is 11.6 Å². The van der Waals surface area contributed by atoms with E-state index in [1.54, 1.807) is 13.2 Å². The molecule has 20 heavy (non-hydrogen) atoms. The number of aliphatic hydroxyl groups is 1. The van der Waals surface area contributed by atoms with Gasteiger partial charge in [0, 0.05) is 5.56 Å². The monoisotopic (exact) mass is 280 g/mol. The fourth-order valence-electron chi connectivity index (χ4n) is 3.52. The van der Waals surface area contributed by atoms with Crippen molar-refractivity contribution >= 4 is 0 Å². The van der Waals surface area contributed by atoms with Crippen molar-refractivity contribution in [3.63, 3.8) is 0 Å². The SMILES string of the molecule is COc1ccc(F)cc1C1(O)CCCC(CC(C)C)C1. The Labute approximate surface area is 121 Å². The van der Waals surface area contributed by atoms with Crippen LogP contribution < -0.4 is 4.74 Å². The van der Waals surface area contributed by atoms with Gasteiger partial charge in [-0.05, 0) is 55.7 Å². The second-order valence-electron chi connectivity index (χ2n) is 6.47.